The van der Waals surface area contributed by atoms with E-state index in [9.17, 15) is 4.79 Å². The van der Waals surface area contributed by atoms with Crippen LogP contribution in [0, 0.1) is 0 Å². The summed E-state index contributed by atoms with van der Waals surface area (Å²) in [5.41, 5.74) is 4.72. The molecule has 3 aromatic rings. The third-order valence-corrected chi connectivity index (χ3v) is 9.12. The number of nitrogens with zero attached hydrogens (tertiary/aromatic N) is 2. The van der Waals surface area contributed by atoms with Crippen molar-refractivity contribution in [1.29, 1.82) is 0 Å². The minimum absolute atomic E-state index is 0.322. The summed E-state index contributed by atoms with van der Waals surface area (Å²) >= 11 is 0. The largest absolute Gasteiger partial charge is 0.370 e. The Balaban J connectivity index is 1.39. The lowest BCUT2D eigenvalue weighted by Crippen LogP contribution is -2.33. The molecule has 38 heavy (non-hydrogen) atoms. The maximum atomic E-state index is 14.1. The molecule has 3 nitrogen and oxygen atoms in total. The molecule has 2 aliphatic rings. The van der Waals surface area contributed by atoms with Crippen LogP contribution in [0.5, 0.6) is 0 Å². The molecule has 0 spiro atoms. The average Bonchev–Trinajstić information content (AvgIpc) is 3.08. The van der Waals surface area contributed by atoms with E-state index in [2.05, 4.69) is 84.3 Å². The van der Waals surface area contributed by atoms with Crippen LogP contribution in [0.2, 0.25) is 0 Å². The zero-order chi connectivity index (χ0) is 26.4. The zero-order valence-corrected chi connectivity index (χ0v) is 23.7. The maximum Gasteiger partial charge on any atom is 0.174 e. The highest BCUT2D eigenvalue weighted by atomic mass is 16.1. The number of hydrogen-bond donors (Lipinski definition) is 0. The lowest BCUT2D eigenvalue weighted by Gasteiger charge is -2.30. The second-order valence-electron chi connectivity index (χ2n) is 11.6. The molecule has 1 heterocycles. The van der Waals surface area contributed by atoms with Crippen molar-refractivity contribution in [2.45, 2.75) is 83.5 Å². The van der Waals surface area contributed by atoms with Crippen LogP contribution >= 0.6 is 0 Å². The quantitative estimate of drug-likeness (QED) is 0.229. The Morgan fingerprint density at radius 3 is 2.26 bits per heavy atom. The lowest BCUT2D eigenvalue weighted by molar-refractivity contribution is 0.0870. The molecule has 5 rings (SSSR count). The van der Waals surface area contributed by atoms with Gasteiger partial charge in [0.25, 0.3) is 0 Å². The first-order chi connectivity index (χ1) is 18.7. The minimum Gasteiger partial charge on any atom is -0.370 e. The lowest BCUT2D eigenvalue weighted by atomic mass is 9.72. The molecular formula is C35H46N2O. The van der Waals surface area contributed by atoms with Crippen molar-refractivity contribution in [3.8, 4) is 0 Å². The van der Waals surface area contributed by atoms with Crippen molar-refractivity contribution in [1.82, 2.24) is 4.90 Å². The molecule has 1 aliphatic heterocycles. The Morgan fingerprint density at radius 2 is 1.53 bits per heavy atom. The Kier molecular flexibility index (Phi) is 8.84. The van der Waals surface area contributed by atoms with Gasteiger partial charge in [-0.1, -0.05) is 107 Å². The number of carbonyl (C=O) groups excluding carboxylic acids is 1. The molecule has 202 valence electrons. The van der Waals surface area contributed by atoms with Crippen LogP contribution in [0.25, 0.3) is 10.8 Å². The number of ketones is 1. The van der Waals surface area contributed by atoms with Crippen LogP contribution in [0.3, 0.4) is 0 Å². The van der Waals surface area contributed by atoms with Gasteiger partial charge in [-0.25, -0.2) is 0 Å². The summed E-state index contributed by atoms with van der Waals surface area (Å²) in [5, 5.41) is 2.55. The number of unbranched alkanes of at least 4 members (excludes halogenated alkanes) is 4. The van der Waals surface area contributed by atoms with E-state index < -0.39 is 0 Å². The minimum atomic E-state index is -0.322. The highest BCUT2D eigenvalue weighted by Gasteiger charge is 2.46. The first-order valence-electron chi connectivity index (χ1n) is 15.3. The Hall–Kier alpha value is -2.65. The van der Waals surface area contributed by atoms with Crippen LogP contribution < -0.4 is 4.90 Å². The Morgan fingerprint density at radius 1 is 0.763 bits per heavy atom. The summed E-state index contributed by atoms with van der Waals surface area (Å²) < 4.78 is 0. The van der Waals surface area contributed by atoms with Gasteiger partial charge in [0.2, 0.25) is 0 Å². The topological polar surface area (TPSA) is 23.6 Å². The normalized spacial score (nSPS) is 17.3. The fourth-order valence-electron chi connectivity index (χ4n) is 6.98. The average molecular weight is 511 g/mol. The second-order valence-corrected chi connectivity index (χ2v) is 11.6. The molecular weight excluding hydrogens is 464 g/mol. The first-order valence-corrected chi connectivity index (χ1v) is 15.3. The number of benzene rings is 3. The van der Waals surface area contributed by atoms with E-state index in [0.717, 1.165) is 70.4 Å². The standard InChI is InChI=1S/C35H46N2O/c1-3-5-10-21-35(22-11-6-4-2)31-18-19-32(29-16-12-17-30(33(29)31)34(35)38)37-24-13-23-36(26-27-37)25-20-28-14-8-7-9-15-28/h7-9,12,14-19H,3-6,10-11,13,20-27H2,1-2H3. The van der Waals surface area contributed by atoms with Gasteiger partial charge < -0.3 is 9.80 Å². The monoisotopic (exact) mass is 510 g/mol. The van der Waals surface area contributed by atoms with Crippen LogP contribution in [0.4, 0.5) is 5.69 Å². The number of anilines is 1. The van der Waals surface area contributed by atoms with E-state index in [0.29, 0.717) is 5.78 Å². The van der Waals surface area contributed by atoms with Gasteiger partial charge in [0.1, 0.15) is 0 Å². The predicted molar refractivity (Wildman–Crippen MR) is 162 cm³/mol. The van der Waals surface area contributed by atoms with Gasteiger partial charge >= 0.3 is 0 Å². The van der Waals surface area contributed by atoms with Gasteiger partial charge in [0, 0.05) is 42.8 Å². The molecule has 0 N–H and O–H groups in total. The molecule has 1 saturated heterocycles. The van der Waals surface area contributed by atoms with Gasteiger partial charge in [0.15, 0.2) is 5.78 Å². The second kappa shape index (κ2) is 12.5. The SMILES string of the molecule is CCCCCC1(CCCCC)C(=O)c2cccc3c(N4CCCN(CCc5ccccc5)CC4)ccc1c23. The number of Topliss-reactive ketones (excluding diaryl/α,β-unsaturated/α-hetero) is 1. The fourth-order valence-corrected chi connectivity index (χ4v) is 6.98. The van der Waals surface area contributed by atoms with Gasteiger partial charge in [-0.05, 0) is 54.8 Å². The third kappa shape index (κ3) is 5.41. The van der Waals surface area contributed by atoms with Crippen LogP contribution in [-0.4, -0.2) is 43.4 Å². The van der Waals surface area contributed by atoms with Crippen LogP contribution in [0.1, 0.15) is 93.1 Å². The van der Waals surface area contributed by atoms with Crippen molar-refractivity contribution in [2.24, 2.45) is 0 Å². The summed E-state index contributed by atoms with van der Waals surface area (Å²) in [6.07, 6.45) is 11.3. The van der Waals surface area contributed by atoms with Gasteiger partial charge in [-0.3, -0.25) is 4.79 Å². The van der Waals surface area contributed by atoms with Gasteiger partial charge in [0.05, 0.1) is 5.41 Å². The van der Waals surface area contributed by atoms with Gasteiger partial charge in [-0.15, -0.1) is 0 Å². The Bertz CT molecular complexity index is 1210. The molecule has 3 heteroatoms. The highest BCUT2D eigenvalue weighted by Crippen LogP contribution is 2.50. The number of rotatable bonds is 12. The third-order valence-electron chi connectivity index (χ3n) is 9.12. The summed E-state index contributed by atoms with van der Waals surface area (Å²) in [5.74, 6) is 0.394. The molecule has 0 radical (unpaired) electrons. The van der Waals surface area contributed by atoms with Crippen molar-refractivity contribution in [2.75, 3.05) is 37.6 Å². The van der Waals surface area contributed by atoms with E-state index in [1.807, 2.05) is 0 Å². The first kappa shape index (κ1) is 26.9. The highest BCUT2D eigenvalue weighted by molar-refractivity contribution is 6.22. The molecule has 0 aromatic heterocycles. The molecule has 0 atom stereocenters. The summed E-state index contributed by atoms with van der Waals surface area (Å²) in [4.78, 5) is 19.4. The van der Waals surface area contributed by atoms with Crippen molar-refractivity contribution >= 4 is 22.2 Å². The van der Waals surface area contributed by atoms with Gasteiger partial charge in [-0.2, -0.15) is 0 Å². The zero-order valence-electron chi connectivity index (χ0n) is 23.7. The number of carbonyl (C=O) groups is 1. The molecule has 0 unspecified atom stereocenters. The van der Waals surface area contributed by atoms with E-state index in [1.54, 1.807) is 0 Å². The van der Waals surface area contributed by atoms with Crippen molar-refractivity contribution in [3.63, 3.8) is 0 Å². The van der Waals surface area contributed by atoms with Crippen LogP contribution in [-0.2, 0) is 11.8 Å². The fraction of sp³-hybridized carbons (Fsp3) is 0.514. The summed E-state index contributed by atoms with van der Waals surface area (Å²) in [6, 6.07) is 22.1. The van der Waals surface area contributed by atoms with E-state index in [4.69, 9.17) is 0 Å². The molecule has 0 saturated carbocycles. The molecule has 0 bridgehead atoms. The number of hydrogen-bond acceptors (Lipinski definition) is 3. The molecule has 1 fully saturated rings. The van der Waals surface area contributed by atoms with E-state index in [1.165, 1.54) is 59.7 Å². The summed E-state index contributed by atoms with van der Waals surface area (Å²) in [7, 11) is 0. The molecule has 3 aromatic carbocycles. The van der Waals surface area contributed by atoms with Crippen LogP contribution in [0.15, 0.2) is 60.7 Å². The maximum absolute atomic E-state index is 14.1. The van der Waals surface area contributed by atoms with E-state index >= 15 is 0 Å². The molecule has 1 aliphatic carbocycles. The Labute approximate surface area is 230 Å². The predicted octanol–water partition coefficient (Wildman–Crippen LogP) is 8.19. The smallest absolute Gasteiger partial charge is 0.174 e. The molecule has 0 amide bonds. The summed E-state index contributed by atoms with van der Waals surface area (Å²) in [6.45, 7) is 9.99. The van der Waals surface area contributed by atoms with Crippen molar-refractivity contribution < 1.29 is 4.79 Å². The van der Waals surface area contributed by atoms with Crippen molar-refractivity contribution in [3.05, 3.63) is 77.4 Å². The van der Waals surface area contributed by atoms with E-state index in [-0.39, 0.29) is 5.41 Å².